The normalized spacial score (nSPS) is 13.3. The predicted octanol–water partition coefficient (Wildman–Crippen LogP) is 5.90. The fourth-order valence-electron chi connectivity index (χ4n) is 5.14. The second-order valence-electron chi connectivity index (χ2n) is 11.1. The van der Waals surface area contributed by atoms with Crippen LogP contribution in [0.2, 0.25) is 5.04 Å². The first-order valence-electron chi connectivity index (χ1n) is 13.7. The van der Waals surface area contributed by atoms with Crippen LogP contribution in [0.15, 0.2) is 115 Å². The minimum Gasteiger partial charge on any atom is -0.445 e. The maximum atomic E-state index is 12.9. The zero-order chi connectivity index (χ0) is 28.6. The highest BCUT2D eigenvalue weighted by atomic mass is 28.4. The lowest BCUT2D eigenvalue weighted by Gasteiger charge is -2.43. The molecule has 0 aliphatic heterocycles. The van der Waals surface area contributed by atoms with Crippen molar-refractivity contribution in [2.75, 3.05) is 6.61 Å². The molecule has 0 aromatic heterocycles. The van der Waals surface area contributed by atoms with E-state index in [1.54, 1.807) is 0 Å². The van der Waals surface area contributed by atoms with Crippen molar-refractivity contribution in [1.29, 1.82) is 0 Å². The smallest absolute Gasteiger partial charge is 0.408 e. The zero-order valence-corrected chi connectivity index (χ0v) is 24.7. The van der Waals surface area contributed by atoms with Crippen molar-refractivity contribution in [3.05, 3.63) is 132 Å². The summed E-state index contributed by atoms with van der Waals surface area (Å²) in [6.45, 7) is 8.77. The average Bonchev–Trinajstić information content (AvgIpc) is 2.96. The summed E-state index contributed by atoms with van der Waals surface area (Å²) in [4.78, 5) is 12.9. The van der Waals surface area contributed by atoms with Gasteiger partial charge >= 0.3 is 6.09 Å². The summed E-state index contributed by atoms with van der Waals surface area (Å²) in [6.07, 6.45) is -1.62. The zero-order valence-electron chi connectivity index (χ0n) is 23.7. The molecule has 4 rings (SSSR count). The first kappa shape index (κ1) is 29.3. The number of alkyl carbamates (subject to hydrolysis) is 1. The van der Waals surface area contributed by atoms with E-state index in [0.29, 0.717) is 0 Å². The minimum atomic E-state index is -2.87. The molecule has 0 radical (unpaired) electrons. The quantitative estimate of drug-likeness (QED) is 0.240. The molecule has 4 aromatic carbocycles. The lowest BCUT2D eigenvalue weighted by molar-refractivity contribution is 0.0623. The number of aliphatic hydroxyl groups excluding tert-OH is 1. The van der Waals surface area contributed by atoms with Crippen LogP contribution in [0.1, 0.15) is 43.5 Å². The molecular formula is C34H39NO4Si. The summed E-state index contributed by atoms with van der Waals surface area (Å²) in [5.74, 6) is 0. The van der Waals surface area contributed by atoms with E-state index in [4.69, 9.17) is 9.16 Å². The van der Waals surface area contributed by atoms with E-state index in [-0.39, 0.29) is 18.3 Å². The molecule has 0 spiro atoms. The Bertz CT molecular complexity index is 1300. The summed E-state index contributed by atoms with van der Waals surface area (Å²) >= 11 is 0. The molecule has 0 saturated heterocycles. The van der Waals surface area contributed by atoms with Gasteiger partial charge in [-0.1, -0.05) is 142 Å². The van der Waals surface area contributed by atoms with E-state index in [9.17, 15) is 9.90 Å². The molecule has 0 aliphatic rings. The third-order valence-electron chi connectivity index (χ3n) is 7.19. The van der Waals surface area contributed by atoms with Gasteiger partial charge in [-0.05, 0) is 33.5 Å². The number of ether oxygens (including phenoxy) is 1. The number of nitrogens with one attached hydrogen (secondary N) is 1. The largest absolute Gasteiger partial charge is 0.445 e. The molecule has 0 heterocycles. The van der Waals surface area contributed by atoms with Crippen LogP contribution in [0.5, 0.6) is 0 Å². The van der Waals surface area contributed by atoms with E-state index in [1.165, 1.54) is 0 Å². The Morgan fingerprint density at radius 1 is 0.800 bits per heavy atom. The molecule has 5 nitrogen and oxygen atoms in total. The second-order valence-corrected chi connectivity index (χ2v) is 15.4. The van der Waals surface area contributed by atoms with Crippen molar-refractivity contribution in [3.63, 3.8) is 0 Å². The fraction of sp³-hybridized carbons (Fsp3) is 0.265. The highest BCUT2D eigenvalue weighted by Crippen LogP contribution is 2.37. The van der Waals surface area contributed by atoms with Gasteiger partial charge in [0.1, 0.15) is 12.7 Å². The van der Waals surface area contributed by atoms with Crippen molar-refractivity contribution in [2.45, 2.75) is 51.5 Å². The Labute approximate surface area is 238 Å². The summed E-state index contributed by atoms with van der Waals surface area (Å²) in [6, 6.07) is 37.2. The number of benzene rings is 4. The lowest BCUT2D eigenvalue weighted by Crippen LogP contribution is -2.67. The third-order valence-corrected chi connectivity index (χ3v) is 12.2. The summed E-state index contributed by atoms with van der Waals surface area (Å²) in [5, 5.41) is 16.5. The summed E-state index contributed by atoms with van der Waals surface area (Å²) in [7, 11) is -2.87. The topological polar surface area (TPSA) is 67.8 Å². The SMILES string of the molecule is Cc1ccc([C@@H](NC(=O)OCc2ccccc2)[C@@H](O)CO[Si](c2ccccc2)(c2ccccc2)C(C)(C)C)cc1. The van der Waals surface area contributed by atoms with Crippen molar-refractivity contribution < 1.29 is 19.1 Å². The fourth-order valence-corrected chi connectivity index (χ4v) is 9.71. The van der Waals surface area contributed by atoms with Gasteiger partial charge in [-0.25, -0.2) is 4.79 Å². The molecule has 0 unspecified atom stereocenters. The Hall–Kier alpha value is -3.71. The highest BCUT2D eigenvalue weighted by Gasteiger charge is 2.50. The van der Waals surface area contributed by atoms with Gasteiger partial charge in [0.2, 0.25) is 0 Å². The first-order valence-corrected chi connectivity index (χ1v) is 15.6. The highest BCUT2D eigenvalue weighted by molar-refractivity contribution is 6.99. The number of carbonyl (C=O) groups is 1. The molecule has 2 atom stereocenters. The molecular weight excluding hydrogens is 514 g/mol. The molecule has 208 valence electrons. The number of aliphatic hydroxyl groups is 1. The van der Waals surface area contributed by atoms with Crippen LogP contribution in [0, 0.1) is 6.92 Å². The third kappa shape index (κ3) is 6.88. The van der Waals surface area contributed by atoms with Gasteiger partial charge in [-0.3, -0.25) is 0 Å². The van der Waals surface area contributed by atoms with Crippen molar-refractivity contribution in [2.24, 2.45) is 0 Å². The van der Waals surface area contributed by atoms with Crippen LogP contribution in [-0.2, 0) is 15.8 Å². The van der Waals surface area contributed by atoms with Gasteiger partial charge in [0.15, 0.2) is 0 Å². The van der Waals surface area contributed by atoms with E-state index in [0.717, 1.165) is 27.1 Å². The summed E-state index contributed by atoms with van der Waals surface area (Å²) in [5.41, 5.74) is 2.76. The van der Waals surface area contributed by atoms with Crippen LogP contribution in [0.3, 0.4) is 0 Å². The van der Waals surface area contributed by atoms with Crippen molar-refractivity contribution in [1.82, 2.24) is 5.32 Å². The molecule has 4 aromatic rings. The number of rotatable bonds is 10. The molecule has 0 bridgehead atoms. The second kappa shape index (κ2) is 13.1. The summed E-state index contributed by atoms with van der Waals surface area (Å²) < 4.78 is 12.5. The van der Waals surface area contributed by atoms with Crippen LogP contribution < -0.4 is 15.7 Å². The van der Waals surface area contributed by atoms with Gasteiger partial charge in [0.05, 0.1) is 12.6 Å². The molecule has 0 saturated carbocycles. The lowest BCUT2D eigenvalue weighted by atomic mass is 10.0. The standard InChI is InChI=1S/C34H39NO4Si/c1-26-20-22-28(23-21-26)32(35-33(37)38-24-27-14-8-5-9-15-27)31(36)25-39-40(34(2,3)4,29-16-10-6-11-17-29)30-18-12-7-13-19-30/h5-23,31-32,36H,24-25H2,1-4H3,(H,35,37)/t31-,32+/m0/s1. The first-order chi connectivity index (χ1) is 19.2. The number of amides is 1. The number of carbonyl (C=O) groups excluding carboxylic acids is 1. The van der Waals surface area contributed by atoms with Crippen LogP contribution >= 0.6 is 0 Å². The Morgan fingerprint density at radius 2 is 1.30 bits per heavy atom. The molecule has 0 fully saturated rings. The Morgan fingerprint density at radius 3 is 1.80 bits per heavy atom. The molecule has 2 N–H and O–H groups in total. The number of hydrogen-bond acceptors (Lipinski definition) is 4. The van der Waals surface area contributed by atoms with Crippen molar-refractivity contribution >= 4 is 24.8 Å². The van der Waals surface area contributed by atoms with E-state index >= 15 is 0 Å². The minimum absolute atomic E-state index is 0.0325. The monoisotopic (exact) mass is 553 g/mol. The van der Waals surface area contributed by atoms with Gasteiger partial charge in [0, 0.05) is 0 Å². The maximum absolute atomic E-state index is 12.9. The van der Waals surface area contributed by atoms with Gasteiger partial charge < -0.3 is 19.6 Å². The van der Waals surface area contributed by atoms with Crippen LogP contribution in [-0.4, -0.2) is 32.2 Å². The van der Waals surface area contributed by atoms with E-state index in [1.807, 2.05) is 97.9 Å². The Kier molecular flexibility index (Phi) is 9.58. The van der Waals surface area contributed by atoms with Gasteiger partial charge in [0.25, 0.3) is 8.32 Å². The predicted molar refractivity (Wildman–Crippen MR) is 163 cm³/mol. The molecule has 40 heavy (non-hydrogen) atoms. The maximum Gasteiger partial charge on any atom is 0.408 e. The molecule has 0 aliphatic carbocycles. The Balaban J connectivity index is 1.61. The molecule has 1 amide bonds. The molecule has 6 heteroatoms. The van der Waals surface area contributed by atoms with Crippen LogP contribution in [0.25, 0.3) is 0 Å². The number of hydrogen-bond donors (Lipinski definition) is 2. The van der Waals surface area contributed by atoms with Gasteiger partial charge in [-0.15, -0.1) is 0 Å². The van der Waals surface area contributed by atoms with Gasteiger partial charge in [-0.2, -0.15) is 0 Å². The number of aryl methyl sites for hydroxylation is 1. The van der Waals surface area contributed by atoms with Crippen molar-refractivity contribution in [3.8, 4) is 0 Å². The van der Waals surface area contributed by atoms with E-state index < -0.39 is 26.6 Å². The van der Waals surface area contributed by atoms with Crippen LogP contribution in [0.4, 0.5) is 4.79 Å². The average molecular weight is 554 g/mol. The van der Waals surface area contributed by atoms with E-state index in [2.05, 4.69) is 50.4 Å².